The van der Waals surface area contributed by atoms with Gasteiger partial charge < -0.3 is 19.8 Å². The molecular weight excluding hydrogens is 346 g/mol. The van der Waals surface area contributed by atoms with Gasteiger partial charge >= 0.3 is 5.97 Å². The van der Waals surface area contributed by atoms with Crippen LogP contribution in [0.4, 0.5) is 0 Å². The van der Waals surface area contributed by atoms with E-state index >= 15 is 0 Å². The zero-order valence-electron chi connectivity index (χ0n) is 16.4. The number of aryl methyl sites for hydroxylation is 1. The van der Waals surface area contributed by atoms with Crippen LogP contribution in [0.2, 0.25) is 0 Å². The van der Waals surface area contributed by atoms with Crippen molar-refractivity contribution in [2.45, 2.75) is 64.8 Å². The number of aliphatic carboxylic acids is 1. The van der Waals surface area contributed by atoms with Crippen molar-refractivity contribution in [3.8, 4) is 0 Å². The Hall–Kier alpha value is -1.92. The summed E-state index contributed by atoms with van der Waals surface area (Å²) in [6.07, 6.45) is -0.248. The molecule has 27 heavy (non-hydrogen) atoms. The van der Waals surface area contributed by atoms with Crippen molar-refractivity contribution in [2.75, 3.05) is 6.61 Å². The van der Waals surface area contributed by atoms with E-state index in [1.54, 1.807) is 0 Å². The number of aliphatic hydroxyl groups is 1. The van der Waals surface area contributed by atoms with Crippen LogP contribution in [-0.4, -0.2) is 51.8 Å². The molecule has 2 N–H and O–H groups in total. The van der Waals surface area contributed by atoms with Crippen LogP contribution in [0.1, 0.15) is 50.8 Å². The lowest BCUT2D eigenvalue weighted by molar-refractivity contribution is -0.156. The van der Waals surface area contributed by atoms with Gasteiger partial charge in [0.25, 0.3) is 5.91 Å². The molecule has 1 amide bonds. The number of ether oxygens (including phenoxy) is 1. The van der Waals surface area contributed by atoms with Gasteiger partial charge in [-0.3, -0.25) is 4.79 Å². The summed E-state index contributed by atoms with van der Waals surface area (Å²) >= 11 is 0. The first kappa shape index (κ1) is 19.8. The highest BCUT2D eigenvalue weighted by Gasteiger charge is 2.58. The second-order valence-electron chi connectivity index (χ2n) is 8.71. The quantitative estimate of drug-likeness (QED) is 0.848. The van der Waals surface area contributed by atoms with Crippen LogP contribution in [0, 0.1) is 18.3 Å². The second kappa shape index (κ2) is 7.24. The van der Waals surface area contributed by atoms with E-state index in [1.165, 1.54) is 4.90 Å². The number of benzene rings is 1. The fourth-order valence-electron chi connectivity index (χ4n) is 4.62. The number of carboxylic acid groups (broad SMARTS) is 1. The SMILES string of the molecule is Cc1ccccc1[C@H]1[C@@H](O)[C@H](C(C)(C)C)[C@@H](C(=O)O)N1C(=O)[C@@H]1CCCO1. The Labute approximate surface area is 160 Å². The summed E-state index contributed by atoms with van der Waals surface area (Å²) in [6, 6.07) is 5.72. The van der Waals surface area contributed by atoms with E-state index in [0.29, 0.717) is 13.0 Å². The van der Waals surface area contributed by atoms with Crippen molar-refractivity contribution in [1.29, 1.82) is 0 Å². The molecule has 0 aromatic heterocycles. The summed E-state index contributed by atoms with van der Waals surface area (Å²) in [5.74, 6) is -2.01. The molecule has 0 bridgehead atoms. The minimum atomic E-state index is -1.10. The third-order valence-corrected chi connectivity index (χ3v) is 5.85. The van der Waals surface area contributed by atoms with Crippen LogP contribution in [0.25, 0.3) is 0 Å². The van der Waals surface area contributed by atoms with Crippen molar-refractivity contribution < 1.29 is 24.5 Å². The predicted molar refractivity (Wildman–Crippen MR) is 100 cm³/mol. The van der Waals surface area contributed by atoms with Crippen LogP contribution in [0.3, 0.4) is 0 Å². The normalized spacial score (nSPS) is 31.3. The number of carbonyl (C=O) groups excluding carboxylic acids is 1. The van der Waals surface area contributed by atoms with E-state index in [2.05, 4.69) is 0 Å². The highest BCUT2D eigenvalue weighted by Crippen LogP contribution is 2.49. The van der Waals surface area contributed by atoms with Gasteiger partial charge in [-0.05, 0) is 36.3 Å². The summed E-state index contributed by atoms with van der Waals surface area (Å²) in [5.41, 5.74) is 1.22. The van der Waals surface area contributed by atoms with E-state index < -0.39 is 41.6 Å². The van der Waals surface area contributed by atoms with Gasteiger partial charge in [0.1, 0.15) is 12.1 Å². The van der Waals surface area contributed by atoms with E-state index in [4.69, 9.17) is 4.74 Å². The summed E-state index contributed by atoms with van der Waals surface area (Å²) < 4.78 is 5.56. The Morgan fingerprint density at radius 3 is 2.41 bits per heavy atom. The molecule has 0 unspecified atom stereocenters. The molecule has 0 aliphatic carbocycles. The molecule has 6 heteroatoms. The zero-order chi connectivity index (χ0) is 19.9. The Morgan fingerprint density at radius 2 is 1.89 bits per heavy atom. The zero-order valence-corrected chi connectivity index (χ0v) is 16.4. The maximum absolute atomic E-state index is 13.3. The molecule has 3 rings (SSSR count). The molecule has 1 aromatic rings. The maximum Gasteiger partial charge on any atom is 0.326 e. The number of aliphatic hydroxyl groups excluding tert-OH is 1. The average Bonchev–Trinajstić information content (AvgIpc) is 3.20. The molecule has 2 aliphatic heterocycles. The highest BCUT2D eigenvalue weighted by molar-refractivity contribution is 5.88. The van der Waals surface area contributed by atoms with Gasteiger partial charge in [0, 0.05) is 12.5 Å². The first-order chi connectivity index (χ1) is 12.6. The van der Waals surface area contributed by atoms with Crippen LogP contribution in [-0.2, 0) is 14.3 Å². The number of carbonyl (C=O) groups is 2. The molecular formula is C21H29NO5. The van der Waals surface area contributed by atoms with Gasteiger partial charge in [-0.1, -0.05) is 45.0 Å². The lowest BCUT2D eigenvalue weighted by Crippen LogP contribution is -2.50. The van der Waals surface area contributed by atoms with Crippen molar-refractivity contribution in [3.05, 3.63) is 35.4 Å². The number of amides is 1. The summed E-state index contributed by atoms with van der Waals surface area (Å²) in [5, 5.41) is 21.3. The third-order valence-electron chi connectivity index (χ3n) is 5.85. The predicted octanol–water partition coefficient (Wildman–Crippen LogP) is 2.53. The van der Waals surface area contributed by atoms with Gasteiger partial charge in [-0.25, -0.2) is 4.79 Å². The Morgan fingerprint density at radius 1 is 1.22 bits per heavy atom. The molecule has 2 aliphatic rings. The molecule has 1 aromatic carbocycles. The van der Waals surface area contributed by atoms with Gasteiger partial charge in [0.2, 0.25) is 0 Å². The standard InChI is InChI=1S/C21H29NO5/c1-12-8-5-6-9-13(12)16-18(23)15(21(2,3)4)17(20(25)26)22(16)19(24)14-10-7-11-27-14/h5-6,8-9,14-18,23H,7,10-11H2,1-4H3,(H,25,26)/t14-,15+,16-,17-,18-/m0/s1. The molecule has 5 atom stereocenters. The van der Waals surface area contributed by atoms with Crippen molar-refractivity contribution >= 4 is 11.9 Å². The Balaban J connectivity index is 2.13. The van der Waals surface area contributed by atoms with Crippen LogP contribution < -0.4 is 0 Å². The summed E-state index contributed by atoms with van der Waals surface area (Å²) in [7, 11) is 0. The number of rotatable bonds is 3. The Bertz CT molecular complexity index is 720. The van der Waals surface area contributed by atoms with E-state index in [1.807, 2.05) is 52.0 Å². The van der Waals surface area contributed by atoms with E-state index in [0.717, 1.165) is 17.5 Å². The topological polar surface area (TPSA) is 87.1 Å². The maximum atomic E-state index is 13.3. The highest BCUT2D eigenvalue weighted by atomic mass is 16.5. The molecule has 2 fully saturated rings. The van der Waals surface area contributed by atoms with Crippen LogP contribution >= 0.6 is 0 Å². The molecule has 0 radical (unpaired) electrons. The number of hydrogen-bond acceptors (Lipinski definition) is 4. The van der Waals surface area contributed by atoms with Crippen molar-refractivity contribution in [1.82, 2.24) is 4.90 Å². The minimum absolute atomic E-state index is 0.334. The van der Waals surface area contributed by atoms with Crippen molar-refractivity contribution in [2.24, 2.45) is 11.3 Å². The first-order valence-corrected chi connectivity index (χ1v) is 9.54. The fourth-order valence-corrected chi connectivity index (χ4v) is 4.62. The van der Waals surface area contributed by atoms with Crippen LogP contribution in [0.5, 0.6) is 0 Å². The third kappa shape index (κ3) is 3.48. The molecule has 6 nitrogen and oxygen atoms in total. The molecule has 0 saturated carbocycles. The lowest BCUT2D eigenvalue weighted by atomic mass is 9.73. The lowest BCUT2D eigenvalue weighted by Gasteiger charge is -2.34. The number of hydrogen-bond donors (Lipinski definition) is 2. The largest absolute Gasteiger partial charge is 0.480 e. The smallest absolute Gasteiger partial charge is 0.326 e. The molecule has 148 valence electrons. The van der Waals surface area contributed by atoms with Gasteiger partial charge in [-0.15, -0.1) is 0 Å². The van der Waals surface area contributed by atoms with Gasteiger partial charge in [0.05, 0.1) is 12.1 Å². The average molecular weight is 375 g/mol. The first-order valence-electron chi connectivity index (χ1n) is 9.54. The van der Waals surface area contributed by atoms with E-state index in [9.17, 15) is 19.8 Å². The number of nitrogens with zero attached hydrogens (tertiary/aromatic N) is 1. The summed E-state index contributed by atoms with van der Waals surface area (Å²) in [6.45, 7) is 8.14. The number of likely N-dealkylation sites (tertiary alicyclic amines) is 1. The number of carboxylic acids is 1. The van der Waals surface area contributed by atoms with Crippen molar-refractivity contribution in [3.63, 3.8) is 0 Å². The van der Waals surface area contributed by atoms with Gasteiger partial charge in [-0.2, -0.15) is 0 Å². The Kier molecular flexibility index (Phi) is 5.32. The van der Waals surface area contributed by atoms with E-state index in [-0.39, 0.29) is 5.91 Å². The minimum Gasteiger partial charge on any atom is -0.480 e. The molecule has 2 saturated heterocycles. The second-order valence-corrected chi connectivity index (χ2v) is 8.71. The van der Waals surface area contributed by atoms with Crippen LogP contribution in [0.15, 0.2) is 24.3 Å². The van der Waals surface area contributed by atoms with Gasteiger partial charge in [0.15, 0.2) is 0 Å². The molecule has 2 heterocycles. The monoisotopic (exact) mass is 375 g/mol. The summed E-state index contributed by atoms with van der Waals surface area (Å²) in [4.78, 5) is 26.9. The fraction of sp³-hybridized carbons (Fsp3) is 0.619. The molecule has 0 spiro atoms.